The number of non-ortho nitro benzene ring substituents is 1. The summed E-state index contributed by atoms with van der Waals surface area (Å²) in [5.74, 6) is -0.462. The Balaban J connectivity index is 1.80. The van der Waals surface area contributed by atoms with Crippen molar-refractivity contribution in [2.45, 2.75) is 18.7 Å². The fourth-order valence-corrected chi connectivity index (χ4v) is 4.82. The number of nitro groups is 1. The summed E-state index contributed by atoms with van der Waals surface area (Å²) in [6, 6.07) is 13.4. The Kier molecular flexibility index (Phi) is 5.95. The average molecular weight is 478 g/mol. The molecule has 2 heterocycles. The van der Waals surface area contributed by atoms with Crippen LogP contribution in [0.1, 0.15) is 28.4 Å². The Morgan fingerprint density at radius 1 is 1.15 bits per heavy atom. The molecule has 172 valence electrons. The lowest BCUT2D eigenvalue weighted by atomic mass is 10.1. The van der Waals surface area contributed by atoms with Crippen molar-refractivity contribution in [3.05, 3.63) is 100.0 Å². The Bertz CT molecular complexity index is 1560. The predicted molar refractivity (Wildman–Crippen MR) is 126 cm³/mol. The van der Waals surface area contributed by atoms with Gasteiger partial charge in [0.05, 0.1) is 26.6 Å². The summed E-state index contributed by atoms with van der Waals surface area (Å²) in [5, 5.41) is 15.9. The molecule has 0 saturated carbocycles. The highest BCUT2D eigenvalue weighted by Gasteiger charge is 2.24. The van der Waals surface area contributed by atoms with E-state index in [1.54, 1.807) is 37.4 Å². The number of aromatic nitrogens is 2. The molecular formula is C23H19N5O5S. The molecule has 1 N–H and O–H groups in total. The highest BCUT2D eigenvalue weighted by molar-refractivity contribution is 7.90. The van der Waals surface area contributed by atoms with E-state index in [-0.39, 0.29) is 10.6 Å². The third kappa shape index (κ3) is 4.28. The average Bonchev–Trinajstić information content (AvgIpc) is 3.22. The van der Waals surface area contributed by atoms with Gasteiger partial charge in [0.1, 0.15) is 0 Å². The van der Waals surface area contributed by atoms with Gasteiger partial charge in [-0.3, -0.25) is 19.9 Å². The molecule has 4 rings (SSSR count). The maximum Gasteiger partial charge on any atom is 0.272 e. The van der Waals surface area contributed by atoms with Crippen molar-refractivity contribution in [1.29, 1.82) is 0 Å². The first-order valence-electron chi connectivity index (χ1n) is 10.1. The quantitative estimate of drug-likeness (QED) is 0.256. The monoisotopic (exact) mass is 477 g/mol. The van der Waals surface area contributed by atoms with E-state index in [2.05, 4.69) is 15.5 Å². The van der Waals surface area contributed by atoms with Gasteiger partial charge >= 0.3 is 0 Å². The molecule has 0 fully saturated rings. The number of carbonyl (C=O) groups excluding carboxylic acids is 1. The van der Waals surface area contributed by atoms with Crippen LogP contribution in [-0.4, -0.2) is 33.9 Å². The zero-order chi connectivity index (χ0) is 24.5. The van der Waals surface area contributed by atoms with Crippen LogP contribution in [0.25, 0.3) is 10.9 Å². The van der Waals surface area contributed by atoms with E-state index in [1.165, 1.54) is 30.6 Å². The van der Waals surface area contributed by atoms with Crippen LogP contribution in [0, 0.1) is 17.0 Å². The van der Waals surface area contributed by atoms with Crippen molar-refractivity contribution in [2.24, 2.45) is 5.10 Å². The molecular weight excluding hydrogens is 458 g/mol. The van der Waals surface area contributed by atoms with Gasteiger partial charge in [0.25, 0.3) is 21.6 Å². The Morgan fingerprint density at radius 2 is 1.94 bits per heavy atom. The molecule has 0 aliphatic carbocycles. The van der Waals surface area contributed by atoms with E-state index in [4.69, 9.17) is 0 Å². The van der Waals surface area contributed by atoms with Crippen LogP contribution in [0.2, 0.25) is 0 Å². The maximum atomic E-state index is 13.4. The first-order chi connectivity index (χ1) is 16.2. The minimum absolute atomic E-state index is 0.217. The van der Waals surface area contributed by atoms with Crippen molar-refractivity contribution >= 4 is 38.2 Å². The molecule has 0 unspecified atom stereocenters. The minimum atomic E-state index is -4.16. The van der Waals surface area contributed by atoms with Gasteiger partial charge in [0.15, 0.2) is 0 Å². The summed E-state index contributed by atoms with van der Waals surface area (Å²) in [6.07, 6.45) is 4.34. The number of fused-ring (bicyclic) bond motifs is 1. The molecule has 2 aromatic carbocycles. The second-order valence-corrected chi connectivity index (χ2v) is 9.31. The molecule has 4 aromatic rings. The first kappa shape index (κ1) is 22.8. The number of rotatable bonds is 6. The lowest BCUT2D eigenvalue weighted by Crippen LogP contribution is -2.19. The van der Waals surface area contributed by atoms with Crippen LogP contribution >= 0.6 is 0 Å². The van der Waals surface area contributed by atoms with Crippen LogP contribution in [-0.2, 0) is 10.0 Å². The highest BCUT2D eigenvalue weighted by atomic mass is 32.2. The molecule has 11 heteroatoms. The summed E-state index contributed by atoms with van der Waals surface area (Å²) < 4.78 is 28.0. The zero-order valence-electron chi connectivity index (χ0n) is 18.2. The van der Waals surface area contributed by atoms with Crippen LogP contribution < -0.4 is 5.43 Å². The van der Waals surface area contributed by atoms with Crippen molar-refractivity contribution < 1.29 is 18.1 Å². The van der Waals surface area contributed by atoms with Crippen molar-refractivity contribution in [3.8, 4) is 0 Å². The van der Waals surface area contributed by atoms with Gasteiger partial charge in [0.2, 0.25) is 0 Å². The largest absolute Gasteiger partial charge is 0.272 e. The first-order valence-corrected chi connectivity index (χ1v) is 11.5. The fourth-order valence-electron chi connectivity index (χ4n) is 3.42. The van der Waals surface area contributed by atoms with Gasteiger partial charge in [-0.1, -0.05) is 18.2 Å². The van der Waals surface area contributed by atoms with Crippen LogP contribution in [0.3, 0.4) is 0 Å². The Labute approximate surface area is 194 Å². The maximum absolute atomic E-state index is 13.4. The lowest BCUT2D eigenvalue weighted by molar-refractivity contribution is -0.385. The molecule has 0 spiro atoms. The van der Waals surface area contributed by atoms with E-state index in [0.717, 1.165) is 15.6 Å². The van der Waals surface area contributed by atoms with Gasteiger partial charge in [0, 0.05) is 41.7 Å². The Morgan fingerprint density at radius 3 is 2.65 bits per heavy atom. The number of hydrazone groups is 1. The number of pyridine rings is 1. The van der Waals surface area contributed by atoms with Crippen molar-refractivity contribution in [2.75, 3.05) is 0 Å². The summed E-state index contributed by atoms with van der Waals surface area (Å²) in [5.41, 5.74) is 4.51. The number of hydrogen-bond donors (Lipinski definition) is 1. The van der Waals surface area contributed by atoms with Crippen molar-refractivity contribution in [3.63, 3.8) is 0 Å². The second-order valence-electron chi connectivity index (χ2n) is 7.50. The molecule has 0 saturated heterocycles. The number of nitro benzene ring substituents is 1. The van der Waals surface area contributed by atoms with Gasteiger partial charge in [-0.15, -0.1) is 0 Å². The predicted octanol–water partition coefficient (Wildman–Crippen LogP) is 3.64. The highest BCUT2D eigenvalue weighted by Crippen LogP contribution is 2.28. The molecule has 1 amide bonds. The third-order valence-electron chi connectivity index (χ3n) is 5.15. The number of carbonyl (C=O) groups is 1. The molecule has 34 heavy (non-hydrogen) atoms. The number of hydrogen-bond acceptors (Lipinski definition) is 7. The van der Waals surface area contributed by atoms with E-state index in [1.807, 2.05) is 13.0 Å². The fraction of sp³-hybridized carbons (Fsp3) is 0.0870. The Hall–Kier alpha value is -4.38. The normalized spacial score (nSPS) is 12.0. The number of amides is 1. The SMILES string of the molecule is C/C(=N\NC(=O)c1cccnc1)c1cn(S(=O)(=O)c2cccc([N+](=O)[O-])c2)c2cc(C)ccc12. The number of benzene rings is 2. The lowest BCUT2D eigenvalue weighted by Gasteiger charge is -2.08. The molecule has 0 atom stereocenters. The molecule has 10 nitrogen and oxygen atoms in total. The van der Waals surface area contributed by atoms with Crippen LogP contribution in [0.5, 0.6) is 0 Å². The van der Waals surface area contributed by atoms with Crippen molar-refractivity contribution in [1.82, 2.24) is 14.4 Å². The van der Waals surface area contributed by atoms with E-state index in [0.29, 0.717) is 27.7 Å². The number of nitrogens with one attached hydrogen (secondary N) is 1. The molecule has 0 radical (unpaired) electrons. The topological polar surface area (TPSA) is 137 Å². The summed E-state index contributed by atoms with van der Waals surface area (Å²) >= 11 is 0. The minimum Gasteiger partial charge on any atom is -0.267 e. The molecule has 0 aliphatic rings. The zero-order valence-corrected chi connectivity index (χ0v) is 19.0. The molecule has 0 bridgehead atoms. The molecule has 2 aromatic heterocycles. The van der Waals surface area contributed by atoms with E-state index in [9.17, 15) is 23.3 Å². The summed E-state index contributed by atoms with van der Waals surface area (Å²) in [7, 11) is -4.16. The van der Waals surface area contributed by atoms with Crippen LogP contribution in [0.4, 0.5) is 5.69 Å². The number of aryl methyl sites for hydroxylation is 1. The second kappa shape index (κ2) is 8.87. The van der Waals surface area contributed by atoms with Crippen LogP contribution in [0.15, 0.2) is 83.2 Å². The van der Waals surface area contributed by atoms with Gasteiger partial charge < -0.3 is 0 Å². The van der Waals surface area contributed by atoms with Gasteiger partial charge in [-0.05, 0) is 43.7 Å². The standard InChI is InChI=1S/C23H19N5O5S/c1-15-8-9-20-21(16(2)25-26-23(29)17-5-4-10-24-13-17)14-27(22(20)11-15)34(32,33)19-7-3-6-18(12-19)28(30)31/h3-14H,1-2H3,(H,26,29)/b25-16+. The van der Waals surface area contributed by atoms with E-state index >= 15 is 0 Å². The molecule has 0 aliphatic heterocycles. The summed E-state index contributed by atoms with van der Waals surface area (Å²) in [4.78, 5) is 26.5. The number of nitrogens with zero attached hydrogens (tertiary/aromatic N) is 4. The van der Waals surface area contributed by atoms with E-state index < -0.39 is 20.9 Å². The summed E-state index contributed by atoms with van der Waals surface area (Å²) in [6.45, 7) is 3.47. The third-order valence-corrected chi connectivity index (χ3v) is 6.82. The smallest absolute Gasteiger partial charge is 0.267 e. The van der Waals surface area contributed by atoms with Gasteiger partial charge in [-0.2, -0.15) is 5.10 Å². The van der Waals surface area contributed by atoms with Gasteiger partial charge in [-0.25, -0.2) is 17.8 Å².